The monoisotopic (exact) mass is 277 g/mol. The molecular formula is C14H19N3OS. The molecule has 0 fully saturated rings. The Kier molecular flexibility index (Phi) is 5.30. The number of thiophene rings is 1. The zero-order valence-electron chi connectivity index (χ0n) is 11.3. The van der Waals surface area contributed by atoms with Crippen LogP contribution in [-0.2, 0) is 6.42 Å². The molecule has 2 aromatic rings. The van der Waals surface area contributed by atoms with Gasteiger partial charge in [-0.05, 0) is 36.9 Å². The summed E-state index contributed by atoms with van der Waals surface area (Å²) in [5.41, 5.74) is 0.971. The van der Waals surface area contributed by atoms with Gasteiger partial charge in [0.1, 0.15) is 0 Å². The van der Waals surface area contributed by atoms with Gasteiger partial charge >= 0.3 is 0 Å². The Morgan fingerprint density at radius 1 is 1.32 bits per heavy atom. The minimum Gasteiger partial charge on any atom is -0.480 e. The van der Waals surface area contributed by atoms with E-state index in [1.165, 1.54) is 4.88 Å². The molecule has 102 valence electrons. The van der Waals surface area contributed by atoms with Gasteiger partial charge in [0.15, 0.2) is 0 Å². The Morgan fingerprint density at radius 2 is 2.21 bits per heavy atom. The van der Waals surface area contributed by atoms with Crippen molar-refractivity contribution >= 4 is 11.3 Å². The molecule has 19 heavy (non-hydrogen) atoms. The van der Waals surface area contributed by atoms with E-state index in [2.05, 4.69) is 40.0 Å². The van der Waals surface area contributed by atoms with Crippen molar-refractivity contribution in [2.75, 3.05) is 13.7 Å². The molecule has 5 heteroatoms. The van der Waals surface area contributed by atoms with Crippen LogP contribution in [0.3, 0.4) is 0 Å². The Labute approximate surface area is 117 Å². The van der Waals surface area contributed by atoms with E-state index in [0.717, 1.165) is 25.1 Å². The van der Waals surface area contributed by atoms with Crippen molar-refractivity contribution < 1.29 is 4.74 Å². The molecule has 0 aliphatic heterocycles. The lowest BCUT2D eigenvalue weighted by molar-refractivity contribution is 0.388. The van der Waals surface area contributed by atoms with Crippen LogP contribution >= 0.6 is 11.3 Å². The maximum absolute atomic E-state index is 5.04. The first-order chi connectivity index (χ1) is 9.33. The zero-order chi connectivity index (χ0) is 13.5. The van der Waals surface area contributed by atoms with Crippen molar-refractivity contribution in [3.05, 3.63) is 40.2 Å². The highest BCUT2D eigenvalue weighted by molar-refractivity contribution is 7.09. The predicted octanol–water partition coefficient (Wildman–Crippen LogP) is 2.83. The topological polar surface area (TPSA) is 47.0 Å². The Balaban J connectivity index is 2.01. The van der Waals surface area contributed by atoms with Gasteiger partial charge in [-0.1, -0.05) is 13.0 Å². The van der Waals surface area contributed by atoms with Crippen molar-refractivity contribution in [1.82, 2.24) is 15.5 Å². The molecule has 2 aromatic heterocycles. The fourth-order valence-electron chi connectivity index (χ4n) is 1.97. The lowest BCUT2D eigenvalue weighted by Gasteiger charge is -2.16. The van der Waals surface area contributed by atoms with Gasteiger partial charge in [-0.15, -0.1) is 16.4 Å². The Hall–Kier alpha value is -1.46. The summed E-state index contributed by atoms with van der Waals surface area (Å²) >= 11 is 1.80. The smallest absolute Gasteiger partial charge is 0.233 e. The summed E-state index contributed by atoms with van der Waals surface area (Å²) < 4.78 is 5.04. The average Bonchev–Trinajstić information content (AvgIpc) is 2.97. The van der Waals surface area contributed by atoms with Gasteiger partial charge in [0, 0.05) is 10.9 Å². The van der Waals surface area contributed by atoms with Crippen LogP contribution in [0.2, 0.25) is 0 Å². The van der Waals surface area contributed by atoms with Crippen LogP contribution in [0.25, 0.3) is 0 Å². The molecule has 0 aliphatic carbocycles. The maximum Gasteiger partial charge on any atom is 0.233 e. The summed E-state index contributed by atoms with van der Waals surface area (Å²) in [6.07, 6.45) is 2.08. The van der Waals surface area contributed by atoms with E-state index in [1.54, 1.807) is 18.4 Å². The van der Waals surface area contributed by atoms with Crippen LogP contribution in [0.1, 0.15) is 30.0 Å². The maximum atomic E-state index is 5.04. The Morgan fingerprint density at radius 3 is 2.79 bits per heavy atom. The summed E-state index contributed by atoms with van der Waals surface area (Å²) in [7, 11) is 1.60. The molecule has 1 atom stereocenters. The van der Waals surface area contributed by atoms with Crippen LogP contribution in [0, 0.1) is 0 Å². The molecule has 2 heterocycles. The molecule has 0 aliphatic rings. The van der Waals surface area contributed by atoms with Crippen LogP contribution in [0.15, 0.2) is 29.6 Å². The molecule has 0 radical (unpaired) electrons. The highest BCUT2D eigenvalue weighted by Gasteiger charge is 2.13. The van der Waals surface area contributed by atoms with Gasteiger partial charge < -0.3 is 10.1 Å². The number of rotatable bonds is 7. The largest absolute Gasteiger partial charge is 0.480 e. The fraction of sp³-hybridized carbons (Fsp3) is 0.429. The van der Waals surface area contributed by atoms with Crippen molar-refractivity contribution in [3.8, 4) is 5.88 Å². The molecule has 2 rings (SSSR count). The minimum atomic E-state index is 0.241. The van der Waals surface area contributed by atoms with Crippen LogP contribution in [-0.4, -0.2) is 23.9 Å². The summed E-state index contributed by atoms with van der Waals surface area (Å²) in [5.74, 6) is 0.553. The average molecular weight is 277 g/mol. The van der Waals surface area contributed by atoms with Crippen LogP contribution in [0.5, 0.6) is 5.88 Å². The second kappa shape index (κ2) is 7.21. The molecule has 1 N–H and O–H groups in total. The highest BCUT2D eigenvalue weighted by atomic mass is 32.1. The number of hydrogen-bond acceptors (Lipinski definition) is 5. The normalized spacial score (nSPS) is 12.3. The number of nitrogens with one attached hydrogen (secondary N) is 1. The third-order valence-electron chi connectivity index (χ3n) is 2.94. The molecule has 0 amide bonds. The fourth-order valence-corrected chi connectivity index (χ4v) is 2.69. The predicted molar refractivity (Wildman–Crippen MR) is 77.6 cm³/mol. The molecule has 0 saturated carbocycles. The van der Waals surface area contributed by atoms with Crippen LogP contribution in [0.4, 0.5) is 0 Å². The molecular weight excluding hydrogens is 258 g/mol. The lowest BCUT2D eigenvalue weighted by atomic mass is 10.1. The Bertz CT molecular complexity index is 470. The van der Waals surface area contributed by atoms with Gasteiger partial charge in [0.25, 0.3) is 0 Å². The van der Waals surface area contributed by atoms with Crippen molar-refractivity contribution in [3.63, 3.8) is 0 Å². The van der Waals surface area contributed by atoms with E-state index in [1.807, 2.05) is 12.1 Å². The minimum absolute atomic E-state index is 0.241. The van der Waals surface area contributed by atoms with Crippen LogP contribution < -0.4 is 10.1 Å². The number of nitrogens with zero attached hydrogens (tertiary/aromatic N) is 2. The molecule has 0 aromatic carbocycles. The van der Waals surface area contributed by atoms with Gasteiger partial charge in [-0.2, -0.15) is 5.10 Å². The molecule has 1 unspecified atom stereocenters. The number of hydrogen-bond donors (Lipinski definition) is 1. The van der Waals surface area contributed by atoms with E-state index in [9.17, 15) is 0 Å². The summed E-state index contributed by atoms with van der Waals surface area (Å²) in [4.78, 5) is 1.41. The van der Waals surface area contributed by atoms with E-state index in [0.29, 0.717) is 5.88 Å². The first-order valence-corrected chi connectivity index (χ1v) is 7.34. The van der Waals surface area contributed by atoms with Gasteiger partial charge in [-0.25, -0.2) is 0 Å². The number of aromatic nitrogens is 2. The van der Waals surface area contributed by atoms with Gasteiger partial charge in [0.05, 0.1) is 18.8 Å². The third kappa shape index (κ3) is 4.01. The standard InChI is InChI=1S/C14H19N3OS/c1-3-15-12(7-6-11-5-4-10-19-11)13-8-9-14(18-2)17-16-13/h4-5,8-10,12,15H,3,6-7H2,1-2H3. The number of ether oxygens (including phenoxy) is 1. The lowest BCUT2D eigenvalue weighted by Crippen LogP contribution is -2.22. The van der Waals surface area contributed by atoms with Crippen molar-refractivity contribution in [2.45, 2.75) is 25.8 Å². The number of aryl methyl sites for hydroxylation is 1. The van der Waals surface area contributed by atoms with Gasteiger partial charge in [-0.3, -0.25) is 0 Å². The quantitative estimate of drug-likeness (QED) is 0.845. The second-order valence-electron chi connectivity index (χ2n) is 4.23. The molecule has 0 saturated heterocycles. The van der Waals surface area contributed by atoms with Crippen molar-refractivity contribution in [2.24, 2.45) is 0 Å². The van der Waals surface area contributed by atoms with E-state index < -0.39 is 0 Å². The SMILES string of the molecule is CCNC(CCc1cccs1)c1ccc(OC)nn1. The van der Waals surface area contributed by atoms with E-state index >= 15 is 0 Å². The highest BCUT2D eigenvalue weighted by Crippen LogP contribution is 2.20. The first-order valence-electron chi connectivity index (χ1n) is 6.47. The third-order valence-corrected chi connectivity index (χ3v) is 3.87. The van der Waals surface area contributed by atoms with Gasteiger partial charge in [0.2, 0.25) is 5.88 Å². The van der Waals surface area contributed by atoms with Crippen molar-refractivity contribution in [1.29, 1.82) is 0 Å². The number of methoxy groups -OCH3 is 1. The first kappa shape index (κ1) is 14.0. The molecule has 0 bridgehead atoms. The summed E-state index contributed by atoms with van der Waals surface area (Å²) in [6.45, 7) is 3.03. The molecule has 0 spiro atoms. The van der Waals surface area contributed by atoms with E-state index in [-0.39, 0.29) is 6.04 Å². The summed E-state index contributed by atoms with van der Waals surface area (Å²) in [5, 5.41) is 13.8. The second-order valence-corrected chi connectivity index (χ2v) is 5.26. The van der Waals surface area contributed by atoms with E-state index in [4.69, 9.17) is 4.74 Å². The summed E-state index contributed by atoms with van der Waals surface area (Å²) in [6, 6.07) is 8.35. The molecule has 4 nitrogen and oxygen atoms in total. The zero-order valence-corrected chi connectivity index (χ0v) is 12.1.